The lowest BCUT2D eigenvalue weighted by Gasteiger charge is -2.47. The van der Waals surface area contributed by atoms with Crippen molar-refractivity contribution in [2.24, 2.45) is 5.92 Å². The number of rotatable bonds is 9. The molecular formula is C29H27N3O5. The maximum absolute atomic E-state index is 13.4. The van der Waals surface area contributed by atoms with Crippen LogP contribution in [0, 0.1) is 17.2 Å². The summed E-state index contributed by atoms with van der Waals surface area (Å²) in [5.41, 5.74) is 2.65. The van der Waals surface area contributed by atoms with Crippen molar-refractivity contribution in [1.82, 2.24) is 4.90 Å². The number of nitrogens with one attached hydrogen (secondary N) is 1. The molecule has 1 aliphatic heterocycles. The number of likely N-dealkylation sites (tertiary alicyclic amines) is 1. The van der Waals surface area contributed by atoms with Crippen LogP contribution >= 0.6 is 0 Å². The zero-order valence-electron chi connectivity index (χ0n) is 20.6. The number of amides is 2. The fourth-order valence-corrected chi connectivity index (χ4v) is 4.54. The summed E-state index contributed by atoms with van der Waals surface area (Å²) in [5, 5.41) is 12.5. The summed E-state index contributed by atoms with van der Waals surface area (Å²) in [6.07, 6.45) is 0.996. The number of nitriles is 1. The van der Waals surface area contributed by atoms with Crippen molar-refractivity contribution in [1.29, 1.82) is 5.26 Å². The summed E-state index contributed by atoms with van der Waals surface area (Å²) in [5.74, 6) is 1.47. The largest absolute Gasteiger partial charge is 0.497 e. The first-order chi connectivity index (χ1) is 18.0. The Hall–Kier alpha value is -4.51. The third-order valence-corrected chi connectivity index (χ3v) is 6.66. The molecule has 0 aromatic heterocycles. The summed E-state index contributed by atoms with van der Waals surface area (Å²) in [6, 6.07) is 21.4. The van der Waals surface area contributed by atoms with Gasteiger partial charge in [0.2, 0.25) is 12.0 Å². The van der Waals surface area contributed by atoms with E-state index in [2.05, 4.69) is 11.4 Å². The molecule has 8 heteroatoms. The highest BCUT2D eigenvalue weighted by Crippen LogP contribution is 2.44. The van der Waals surface area contributed by atoms with Crippen molar-refractivity contribution >= 4 is 17.5 Å². The number of hydrogen-bond donors (Lipinski definition) is 1. The Morgan fingerprint density at radius 2 is 1.84 bits per heavy atom. The fourth-order valence-electron chi connectivity index (χ4n) is 4.54. The first kappa shape index (κ1) is 24.2. The average Bonchev–Trinajstić information content (AvgIpc) is 3.78. The monoisotopic (exact) mass is 497 g/mol. The third kappa shape index (κ3) is 4.94. The smallest absolute Gasteiger partial charge is 0.267 e. The first-order valence-electron chi connectivity index (χ1n) is 12.1. The van der Waals surface area contributed by atoms with Crippen molar-refractivity contribution < 1.29 is 23.8 Å². The van der Waals surface area contributed by atoms with E-state index in [4.69, 9.17) is 14.2 Å². The lowest BCUT2D eigenvalue weighted by atomic mass is 9.88. The molecule has 0 radical (unpaired) electrons. The van der Waals surface area contributed by atoms with Crippen LogP contribution in [-0.2, 0) is 16.1 Å². The SMILES string of the molecule is COc1ccc(OC)c([C@@H]2[C@H](Oc3ccccc3C#N)C(=O)N2Cc2cccc(NC(=O)C3CC3)c2)c1. The Labute approximate surface area is 215 Å². The third-order valence-electron chi connectivity index (χ3n) is 6.66. The number of benzene rings is 3. The van der Waals surface area contributed by atoms with Crippen LogP contribution in [-0.4, -0.2) is 37.0 Å². The Morgan fingerprint density at radius 1 is 1.03 bits per heavy atom. The summed E-state index contributed by atoms with van der Waals surface area (Å²) in [7, 11) is 3.15. The van der Waals surface area contributed by atoms with Crippen LogP contribution in [0.15, 0.2) is 66.7 Å². The number of nitrogens with zero attached hydrogens (tertiary/aromatic N) is 2. The van der Waals surface area contributed by atoms with E-state index < -0.39 is 12.1 Å². The number of methoxy groups -OCH3 is 2. The van der Waals surface area contributed by atoms with Gasteiger partial charge in [0.05, 0.1) is 19.8 Å². The van der Waals surface area contributed by atoms with Crippen LogP contribution in [0.4, 0.5) is 5.69 Å². The van der Waals surface area contributed by atoms with Crippen molar-refractivity contribution in [3.8, 4) is 23.3 Å². The molecule has 8 nitrogen and oxygen atoms in total. The van der Waals surface area contributed by atoms with Crippen molar-refractivity contribution in [2.45, 2.75) is 31.5 Å². The molecule has 2 fully saturated rings. The lowest BCUT2D eigenvalue weighted by Crippen LogP contribution is -2.60. The van der Waals surface area contributed by atoms with Gasteiger partial charge in [-0.25, -0.2) is 0 Å². The highest BCUT2D eigenvalue weighted by Gasteiger charge is 2.51. The lowest BCUT2D eigenvalue weighted by molar-refractivity contribution is -0.165. The standard InChI is InChI=1S/C29H27N3O5/c1-35-22-12-13-25(36-2)23(15-22)26-27(37-24-9-4-3-7-20(24)16-30)29(34)32(26)17-18-6-5-8-21(14-18)31-28(33)19-10-11-19/h3-9,12-15,19,26-27H,10-11,17H2,1-2H3,(H,31,33)/t26-,27+/m1/s1. The molecule has 37 heavy (non-hydrogen) atoms. The van der Waals surface area contributed by atoms with Gasteiger partial charge in [-0.2, -0.15) is 5.26 Å². The number of carbonyl (C=O) groups excluding carboxylic acids is 2. The van der Waals surface area contributed by atoms with Crippen LogP contribution < -0.4 is 19.5 Å². The molecular weight excluding hydrogens is 470 g/mol. The van der Waals surface area contributed by atoms with Crippen molar-refractivity contribution in [3.63, 3.8) is 0 Å². The molecule has 0 spiro atoms. The van der Waals surface area contributed by atoms with E-state index in [-0.39, 0.29) is 17.7 Å². The van der Waals surface area contributed by atoms with Gasteiger partial charge in [0, 0.05) is 23.7 Å². The maximum atomic E-state index is 13.4. The van der Waals surface area contributed by atoms with Crippen LogP contribution in [0.5, 0.6) is 17.2 Å². The number of para-hydroxylation sites is 1. The highest BCUT2D eigenvalue weighted by atomic mass is 16.5. The maximum Gasteiger partial charge on any atom is 0.267 e. The Bertz CT molecular complexity index is 1380. The molecule has 1 aliphatic carbocycles. The molecule has 188 valence electrons. The van der Waals surface area contributed by atoms with Gasteiger partial charge in [-0.1, -0.05) is 24.3 Å². The summed E-state index contributed by atoms with van der Waals surface area (Å²) in [4.78, 5) is 27.4. The van der Waals surface area contributed by atoms with E-state index in [1.54, 1.807) is 55.5 Å². The van der Waals surface area contributed by atoms with E-state index >= 15 is 0 Å². The second-order valence-corrected chi connectivity index (χ2v) is 9.13. The Balaban J connectivity index is 1.46. The molecule has 3 aromatic rings. The molecule has 1 heterocycles. The van der Waals surface area contributed by atoms with Gasteiger partial charge >= 0.3 is 0 Å². The van der Waals surface area contributed by atoms with E-state index in [0.29, 0.717) is 35.0 Å². The molecule has 5 rings (SSSR count). The molecule has 2 aliphatic rings. The molecule has 2 amide bonds. The van der Waals surface area contributed by atoms with Crippen molar-refractivity contribution in [2.75, 3.05) is 19.5 Å². The predicted molar refractivity (Wildman–Crippen MR) is 136 cm³/mol. The van der Waals surface area contributed by atoms with Crippen LogP contribution in [0.25, 0.3) is 0 Å². The van der Waals surface area contributed by atoms with Crippen LogP contribution in [0.3, 0.4) is 0 Å². The second kappa shape index (κ2) is 10.2. The minimum atomic E-state index is -0.853. The van der Waals surface area contributed by atoms with Gasteiger partial charge < -0.3 is 24.4 Å². The zero-order valence-corrected chi connectivity index (χ0v) is 20.6. The average molecular weight is 498 g/mol. The summed E-state index contributed by atoms with van der Waals surface area (Å²) >= 11 is 0. The summed E-state index contributed by atoms with van der Waals surface area (Å²) < 4.78 is 17.2. The Kier molecular flexibility index (Phi) is 6.69. The van der Waals surface area contributed by atoms with Crippen LogP contribution in [0.1, 0.15) is 35.6 Å². The predicted octanol–water partition coefficient (Wildman–Crippen LogP) is 4.46. The van der Waals surface area contributed by atoms with Gasteiger partial charge in [0.15, 0.2) is 0 Å². The van der Waals surface area contributed by atoms with Gasteiger partial charge in [-0.05, 0) is 60.9 Å². The highest BCUT2D eigenvalue weighted by molar-refractivity contribution is 5.94. The number of hydrogen-bond acceptors (Lipinski definition) is 6. The summed E-state index contributed by atoms with van der Waals surface area (Å²) in [6.45, 7) is 0.302. The van der Waals surface area contributed by atoms with Crippen molar-refractivity contribution in [3.05, 3.63) is 83.4 Å². The second-order valence-electron chi connectivity index (χ2n) is 9.13. The zero-order chi connectivity index (χ0) is 25.9. The molecule has 0 bridgehead atoms. The molecule has 1 N–H and O–H groups in total. The van der Waals surface area contributed by atoms with Crippen LogP contribution in [0.2, 0.25) is 0 Å². The van der Waals surface area contributed by atoms with E-state index in [1.807, 2.05) is 30.3 Å². The molecule has 1 saturated heterocycles. The number of β-lactam (4-membered cyclic amide) rings is 1. The first-order valence-corrected chi connectivity index (χ1v) is 12.1. The number of carbonyl (C=O) groups is 2. The number of ether oxygens (including phenoxy) is 3. The molecule has 1 saturated carbocycles. The topological polar surface area (TPSA) is 101 Å². The van der Waals surface area contributed by atoms with E-state index in [0.717, 1.165) is 24.0 Å². The minimum absolute atomic E-state index is 0.0285. The Morgan fingerprint density at radius 3 is 2.57 bits per heavy atom. The number of anilines is 1. The fraction of sp³-hybridized carbons (Fsp3) is 0.276. The van der Waals surface area contributed by atoms with E-state index in [1.165, 1.54) is 0 Å². The van der Waals surface area contributed by atoms with Gasteiger partial charge in [0.1, 0.15) is 29.4 Å². The molecule has 3 aromatic carbocycles. The van der Waals surface area contributed by atoms with Gasteiger partial charge in [0.25, 0.3) is 5.91 Å². The van der Waals surface area contributed by atoms with E-state index in [9.17, 15) is 14.9 Å². The molecule has 0 unspecified atom stereocenters. The minimum Gasteiger partial charge on any atom is -0.497 e. The van der Waals surface area contributed by atoms with Gasteiger partial charge in [-0.15, -0.1) is 0 Å². The molecule has 2 atom stereocenters. The van der Waals surface area contributed by atoms with Gasteiger partial charge in [-0.3, -0.25) is 9.59 Å². The normalized spacial score (nSPS) is 18.4. The quantitative estimate of drug-likeness (QED) is 0.438.